The van der Waals surface area contributed by atoms with E-state index >= 15 is 0 Å². The number of rotatable bonds is 2. The average Bonchev–Trinajstić information content (AvgIpc) is 3.44. The van der Waals surface area contributed by atoms with Gasteiger partial charge in [0, 0.05) is 57.3 Å². The summed E-state index contributed by atoms with van der Waals surface area (Å²) in [6.07, 6.45) is 7.61. The summed E-state index contributed by atoms with van der Waals surface area (Å²) >= 11 is 0. The summed E-state index contributed by atoms with van der Waals surface area (Å²) in [4.78, 5) is 8.84. The maximum atomic E-state index is 4.54. The summed E-state index contributed by atoms with van der Waals surface area (Å²) < 4.78 is 2.43. The largest absolute Gasteiger partial charge is 0.308 e. The fraction of sp³-hybridized carbons (Fsp3) is 0. The molecule has 0 aliphatic carbocycles. The number of pyridine rings is 2. The molecule has 0 N–H and O–H groups in total. The maximum Gasteiger partial charge on any atom is 0.0620 e. The van der Waals surface area contributed by atoms with E-state index in [2.05, 4.69) is 105 Å². The van der Waals surface area contributed by atoms with Crippen LogP contribution in [0.1, 0.15) is 0 Å². The molecule has 0 saturated carbocycles. The van der Waals surface area contributed by atoms with Gasteiger partial charge in [-0.25, -0.2) is 0 Å². The van der Waals surface area contributed by atoms with Crippen LogP contribution in [0.5, 0.6) is 0 Å². The number of aromatic nitrogens is 3. The van der Waals surface area contributed by atoms with Crippen LogP contribution < -0.4 is 0 Å². The average molecular weight is 446 g/mol. The number of nitrogens with zero attached hydrogens (tertiary/aromatic N) is 3. The number of fused-ring (bicyclic) bond motifs is 7. The lowest BCUT2D eigenvalue weighted by Crippen LogP contribution is -1.85. The standard InChI is InChI=1S/C32H19N3/c1-2-6-20(7-3-1)21-10-11-31-26(14-21)28-16-22(29-19-34-18-23-17-33-13-12-24(23)29)15-27-25-8-4-5-9-30(25)35(31)32(27)28/h1-19H. The van der Waals surface area contributed by atoms with Crippen LogP contribution in [0.15, 0.2) is 116 Å². The number of para-hydroxylation sites is 1. The van der Waals surface area contributed by atoms with Gasteiger partial charge in [-0.05, 0) is 58.5 Å². The Morgan fingerprint density at radius 2 is 1.23 bits per heavy atom. The molecule has 0 spiro atoms. The minimum absolute atomic E-state index is 1.05. The third-order valence-electron chi connectivity index (χ3n) is 7.27. The van der Waals surface area contributed by atoms with Crippen LogP contribution in [0.25, 0.3) is 71.1 Å². The molecule has 4 aromatic heterocycles. The molecule has 8 rings (SSSR count). The van der Waals surface area contributed by atoms with Crippen LogP contribution in [0.3, 0.4) is 0 Å². The van der Waals surface area contributed by atoms with E-state index in [4.69, 9.17) is 0 Å². The SMILES string of the molecule is c1ccc(-c2ccc3c(c2)c2cc(-c4cncc5cnccc45)cc4c5ccccc5n3c42)cc1. The maximum absolute atomic E-state index is 4.54. The Morgan fingerprint density at radius 3 is 2.14 bits per heavy atom. The van der Waals surface area contributed by atoms with Crippen molar-refractivity contribution < 1.29 is 0 Å². The molecule has 0 radical (unpaired) electrons. The fourth-order valence-corrected chi connectivity index (χ4v) is 5.71. The highest BCUT2D eigenvalue weighted by Crippen LogP contribution is 2.43. The van der Waals surface area contributed by atoms with E-state index in [9.17, 15) is 0 Å². The minimum atomic E-state index is 1.05. The third kappa shape index (κ3) is 2.55. The molecule has 3 heteroatoms. The fourth-order valence-electron chi connectivity index (χ4n) is 5.71. The van der Waals surface area contributed by atoms with E-state index in [1.54, 1.807) is 0 Å². The Bertz CT molecular complexity index is 2050. The summed E-state index contributed by atoms with van der Waals surface area (Å²) in [6, 6.07) is 32.9. The molecule has 3 nitrogen and oxygen atoms in total. The number of hydrogen-bond donors (Lipinski definition) is 0. The quantitative estimate of drug-likeness (QED) is 0.269. The summed E-state index contributed by atoms with van der Waals surface area (Å²) in [5.74, 6) is 0. The van der Waals surface area contributed by atoms with Crippen LogP contribution in [0, 0.1) is 0 Å². The highest BCUT2D eigenvalue weighted by molar-refractivity contribution is 6.25. The Labute approximate surface area is 201 Å². The van der Waals surface area contributed by atoms with E-state index < -0.39 is 0 Å². The first-order chi connectivity index (χ1) is 17.4. The Kier molecular flexibility index (Phi) is 3.66. The second-order valence-corrected chi connectivity index (χ2v) is 9.15. The summed E-state index contributed by atoms with van der Waals surface area (Å²) in [5, 5.41) is 7.31. The zero-order chi connectivity index (χ0) is 22.9. The first-order valence-corrected chi connectivity index (χ1v) is 11.8. The van der Waals surface area contributed by atoms with Crippen molar-refractivity contribution in [2.75, 3.05) is 0 Å². The lowest BCUT2D eigenvalue weighted by Gasteiger charge is -2.08. The van der Waals surface area contributed by atoms with Gasteiger partial charge in [-0.1, -0.05) is 54.6 Å². The zero-order valence-corrected chi connectivity index (χ0v) is 18.8. The van der Waals surface area contributed by atoms with Crippen molar-refractivity contribution in [3.05, 3.63) is 116 Å². The molecule has 4 heterocycles. The molecular formula is C32H19N3. The number of hydrogen-bond acceptors (Lipinski definition) is 2. The van der Waals surface area contributed by atoms with Crippen molar-refractivity contribution in [3.63, 3.8) is 0 Å². The number of benzene rings is 4. The molecule has 0 aliphatic heterocycles. The van der Waals surface area contributed by atoms with Crippen molar-refractivity contribution in [2.45, 2.75) is 0 Å². The Hall–Kier alpha value is -4.76. The summed E-state index contributed by atoms with van der Waals surface area (Å²) in [6.45, 7) is 0. The van der Waals surface area contributed by atoms with Gasteiger partial charge in [0.05, 0.1) is 16.6 Å². The van der Waals surface area contributed by atoms with Crippen molar-refractivity contribution in [1.82, 2.24) is 14.4 Å². The first kappa shape index (κ1) is 18.6. The van der Waals surface area contributed by atoms with E-state index in [1.165, 1.54) is 60.2 Å². The second-order valence-electron chi connectivity index (χ2n) is 9.15. The Morgan fingerprint density at radius 1 is 0.486 bits per heavy atom. The molecule has 0 unspecified atom stereocenters. The van der Waals surface area contributed by atoms with Crippen LogP contribution in [0.4, 0.5) is 0 Å². The molecule has 0 fully saturated rings. The van der Waals surface area contributed by atoms with Crippen molar-refractivity contribution in [2.24, 2.45) is 0 Å². The molecule has 0 amide bonds. The predicted molar refractivity (Wildman–Crippen MR) is 145 cm³/mol. The third-order valence-corrected chi connectivity index (χ3v) is 7.27. The van der Waals surface area contributed by atoms with E-state index in [-0.39, 0.29) is 0 Å². The van der Waals surface area contributed by atoms with Gasteiger partial charge in [0.1, 0.15) is 0 Å². The second kappa shape index (κ2) is 6.87. The summed E-state index contributed by atoms with van der Waals surface area (Å²) in [7, 11) is 0. The molecule has 0 saturated heterocycles. The highest BCUT2D eigenvalue weighted by Gasteiger charge is 2.19. The van der Waals surface area contributed by atoms with Gasteiger partial charge in [-0.3, -0.25) is 9.97 Å². The van der Waals surface area contributed by atoms with E-state index in [0.29, 0.717) is 0 Å². The van der Waals surface area contributed by atoms with Gasteiger partial charge in [0.25, 0.3) is 0 Å². The van der Waals surface area contributed by atoms with Gasteiger partial charge in [-0.2, -0.15) is 0 Å². The van der Waals surface area contributed by atoms with Gasteiger partial charge in [-0.15, -0.1) is 0 Å². The molecule has 162 valence electrons. The monoisotopic (exact) mass is 445 g/mol. The van der Waals surface area contributed by atoms with Crippen molar-refractivity contribution in [3.8, 4) is 22.3 Å². The molecule has 4 aromatic carbocycles. The first-order valence-electron chi connectivity index (χ1n) is 11.8. The molecule has 35 heavy (non-hydrogen) atoms. The van der Waals surface area contributed by atoms with Crippen LogP contribution >= 0.6 is 0 Å². The molecule has 8 aromatic rings. The van der Waals surface area contributed by atoms with Gasteiger partial charge in [0.2, 0.25) is 0 Å². The topological polar surface area (TPSA) is 30.2 Å². The van der Waals surface area contributed by atoms with Crippen LogP contribution in [0.2, 0.25) is 0 Å². The molecule has 0 aliphatic rings. The molecule has 0 bridgehead atoms. The molecule has 0 atom stereocenters. The van der Waals surface area contributed by atoms with Crippen LogP contribution in [-0.2, 0) is 0 Å². The lowest BCUT2D eigenvalue weighted by atomic mass is 9.96. The normalized spacial score (nSPS) is 12.0. The van der Waals surface area contributed by atoms with E-state index in [0.717, 1.165) is 10.9 Å². The van der Waals surface area contributed by atoms with Crippen molar-refractivity contribution >= 4 is 48.9 Å². The predicted octanol–water partition coefficient (Wildman–Crippen LogP) is 8.11. The lowest BCUT2D eigenvalue weighted by molar-refractivity contribution is 1.32. The minimum Gasteiger partial charge on any atom is -0.308 e. The van der Waals surface area contributed by atoms with Crippen molar-refractivity contribution in [1.29, 1.82) is 0 Å². The van der Waals surface area contributed by atoms with Gasteiger partial charge < -0.3 is 4.40 Å². The molecular weight excluding hydrogens is 426 g/mol. The summed E-state index contributed by atoms with van der Waals surface area (Å²) in [5.41, 5.74) is 8.54. The smallest absolute Gasteiger partial charge is 0.0620 e. The Balaban J connectivity index is 1.54. The van der Waals surface area contributed by atoms with Gasteiger partial charge >= 0.3 is 0 Å². The van der Waals surface area contributed by atoms with Gasteiger partial charge in [0.15, 0.2) is 0 Å². The zero-order valence-electron chi connectivity index (χ0n) is 18.8. The van der Waals surface area contributed by atoms with Crippen LogP contribution in [-0.4, -0.2) is 14.4 Å². The highest BCUT2D eigenvalue weighted by atomic mass is 14.9. The van der Waals surface area contributed by atoms with E-state index in [1.807, 2.05) is 24.8 Å².